The smallest absolute Gasteiger partial charge is 0.226 e. The molecule has 0 aliphatic carbocycles. The third kappa shape index (κ3) is 3.17. The summed E-state index contributed by atoms with van der Waals surface area (Å²) in [6.45, 7) is 3.09. The zero-order valence-corrected chi connectivity index (χ0v) is 12.6. The van der Waals surface area contributed by atoms with E-state index in [1.807, 2.05) is 19.1 Å². The van der Waals surface area contributed by atoms with Gasteiger partial charge in [0.05, 0.1) is 18.2 Å². The molecule has 0 bridgehead atoms. The first-order chi connectivity index (χ1) is 10.8. The van der Waals surface area contributed by atoms with Crippen molar-refractivity contribution >= 4 is 5.91 Å². The second-order valence-electron chi connectivity index (χ2n) is 5.50. The van der Waals surface area contributed by atoms with Gasteiger partial charge in [0.1, 0.15) is 11.9 Å². The molecule has 3 rings (SSSR count). The molecule has 2 atom stereocenters. The predicted octanol–water partition coefficient (Wildman–Crippen LogP) is 1.90. The minimum Gasteiger partial charge on any atom is -0.369 e. The summed E-state index contributed by atoms with van der Waals surface area (Å²) in [6, 6.07) is 3.88. The number of aryl methyl sites for hydroxylation is 1. The second-order valence-corrected chi connectivity index (χ2v) is 5.50. The number of rotatable bonds is 4. The molecule has 2 aromatic rings. The summed E-state index contributed by atoms with van der Waals surface area (Å²) in [5.41, 5.74) is 1.97. The molecular weight excluding hydrogens is 280 g/mol. The van der Waals surface area contributed by atoms with Crippen molar-refractivity contribution in [3.05, 3.63) is 47.8 Å². The Hall–Kier alpha value is -2.21. The minimum absolute atomic E-state index is 0.00819. The molecule has 116 valence electrons. The molecule has 1 saturated heterocycles. The highest BCUT2D eigenvalue weighted by Crippen LogP contribution is 2.31. The van der Waals surface area contributed by atoms with Crippen molar-refractivity contribution in [2.75, 3.05) is 6.61 Å². The van der Waals surface area contributed by atoms with E-state index in [1.165, 1.54) is 0 Å². The standard InChI is InChI=1S/C16H20N4O2/c1-11-4-2-6-17-13(11)10-20-16(21)12-5-3-9-22-14(12)15-18-7-8-19-15/h2,4,6-8,12,14H,3,5,9-10H2,1H3,(H,18,19)(H,20,21)/t12-,14-/m1/s1. The van der Waals surface area contributed by atoms with Crippen LogP contribution >= 0.6 is 0 Å². The van der Waals surface area contributed by atoms with E-state index in [9.17, 15) is 4.79 Å². The lowest BCUT2D eigenvalue weighted by Gasteiger charge is -2.29. The maximum atomic E-state index is 12.5. The Morgan fingerprint density at radius 3 is 3.14 bits per heavy atom. The number of carbonyl (C=O) groups excluding carboxylic acids is 1. The number of aromatic nitrogens is 3. The van der Waals surface area contributed by atoms with Crippen LogP contribution in [0.25, 0.3) is 0 Å². The molecule has 6 nitrogen and oxygen atoms in total. The normalized spacial score (nSPS) is 21.5. The van der Waals surface area contributed by atoms with Gasteiger partial charge in [-0.25, -0.2) is 4.98 Å². The van der Waals surface area contributed by atoms with E-state index in [4.69, 9.17) is 4.74 Å². The largest absolute Gasteiger partial charge is 0.369 e. The quantitative estimate of drug-likeness (QED) is 0.903. The van der Waals surface area contributed by atoms with Crippen molar-refractivity contribution in [2.45, 2.75) is 32.4 Å². The van der Waals surface area contributed by atoms with Crippen LogP contribution in [0.5, 0.6) is 0 Å². The fourth-order valence-electron chi connectivity index (χ4n) is 2.76. The van der Waals surface area contributed by atoms with E-state index < -0.39 is 0 Å². The number of hydrogen-bond donors (Lipinski definition) is 2. The Kier molecular flexibility index (Phi) is 4.48. The van der Waals surface area contributed by atoms with Crippen LogP contribution < -0.4 is 5.32 Å². The summed E-state index contributed by atoms with van der Waals surface area (Å²) in [4.78, 5) is 24.1. The second kappa shape index (κ2) is 6.70. The summed E-state index contributed by atoms with van der Waals surface area (Å²) in [5.74, 6) is 0.490. The summed E-state index contributed by atoms with van der Waals surface area (Å²) in [6.07, 6.45) is 6.56. The number of nitrogens with zero attached hydrogens (tertiary/aromatic N) is 2. The molecule has 1 amide bonds. The summed E-state index contributed by atoms with van der Waals surface area (Å²) in [5, 5.41) is 2.98. The molecule has 1 aliphatic rings. The number of ether oxygens (including phenoxy) is 1. The molecule has 2 aromatic heterocycles. The SMILES string of the molecule is Cc1cccnc1CNC(=O)[C@@H]1CCCO[C@H]1c1ncc[nH]1. The number of nitrogens with one attached hydrogen (secondary N) is 2. The van der Waals surface area contributed by atoms with Crippen LogP contribution in [0.2, 0.25) is 0 Å². The van der Waals surface area contributed by atoms with Crippen LogP contribution in [0.1, 0.15) is 36.0 Å². The zero-order valence-electron chi connectivity index (χ0n) is 12.6. The molecule has 0 spiro atoms. The number of aromatic amines is 1. The molecule has 22 heavy (non-hydrogen) atoms. The van der Waals surface area contributed by atoms with Crippen LogP contribution in [0.15, 0.2) is 30.7 Å². The summed E-state index contributed by atoms with van der Waals surface area (Å²) < 4.78 is 5.76. The van der Waals surface area contributed by atoms with Crippen molar-refractivity contribution in [3.63, 3.8) is 0 Å². The highest BCUT2D eigenvalue weighted by Gasteiger charge is 2.34. The maximum absolute atomic E-state index is 12.5. The Morgan fingerprint density at radius 1 is 1.45 bits per heavy atom. The first-order valence-corrected chi connectivity index (χ1v) is 7.55. The summed E-state index contributed by atoms with van der Waals surface area (Å²) in [7, 11) is 0. The first-order valence-electron chi connectivity index (χ1n) is 7.55. The van der Waals surface area contributed by atoms with Gasteiger partial charge < -0.3 is 15.0 Å². The van der Waals surface area contributed by atoms with Crippen molar-refractivity contribution in [1.82, 2.24) is 20.3 Å². The molecule has 6 heteroatoms. The monoisotopic (exact) mass is 300 g/mol. The van der Waals surface area contributed by atoms with Crippen LogP contribution in [-0.2, 0) is 16.1 Å². The van der Waals surface area contributed by atoms with Gasteiger partial charge >= 0.3 is 0 Å². The lowest BCUT2D eigenvalue weighted by molar-refractivity contribution is -0.135. The fraction of sp³-hybridized carbons (Fsp3) is 0.438. The topological polar surface area (TPSA) is 79.9 Å². The van der Waals surface area contributed by atoms with Crippen molar-refractivity contribution in [3.8, 4) is 0 Å². The lowest BCUT2D eigenvalue weighted by atomic mass is 9.92. The van der Waals surface area contributed by atoms with Gasteiger partial charge in [-0.05, 0) is 31.4 Å². The molecular formula is C16H20N4O2. The molecule has 1 aliphatic heterocycles. The van der Waals surface area contributed by atoms with Gasteiger partial charge in [0.25, 0.3) is 0 Å². The first kappa shape index (κ1) is 14.7. The van der Waals surface area contributed by atoms with Crippen molar-refractivity contribution in [1.29, 1.82) is 0 Å². The van der Waals surface area contributed by atoms with Crippen LogP contribution in [0.4, 0.5) is 0 Å². The average Bonchev–Trinajstić information content (AvgIpc) is 3.08. The number of carbonyl (C=O) groups is 1. The number of pyridine rings is 1. The van der Waals surface area contributed by atoms with Crippen LogP contribution in [0, 0.1) is 12.8 Å². The van der Waals surface area contributed by atoms with Gasteiger partial charge in [0, 0.05) is 25.2 Å². The fourth-order valence-corrected chi connectivity index (χ4v) is 2.76. The number of hydrogen-bond acceptors (Lipinski definition) is 4. The zero-order chi connectivity index (χ0) is 15.4. The molecule has 0 saturated carbocycles. The Balaban J connectivity index is 1.66. The van der Waals surface area contributed by atoms with E-state index in [2.05, 4.69) is 20.3 Å². The van der Waals surface area contributed by atoms with E-state index in [0.717, 1.165) is 24.1 Å². The van der Waals surface area contributed by atoms with Crippen molar-refractivity contribution in [2.24, 2.45) is 5.92 Å². The maximum Gasteiger partial charge on any atom is 0.226 e. The van der Waals surface area contributed by atoms with Crippen LogP contribution in [-0.4, -0.2) is 27.5 Å². The van der Waals surface area contributed by atoms with E-state index in [1.54, 1.807) is 18.6 Å². The van der Waals surface area contributed by atoms with Crippen molar-refractivity contribution < 1.29 is 9.53 Å². The minimum atomic E-state index is -0.298. The molecule has 0 unspecified atom stereocenters. The molecule has 3 heterocycles. The lowest BCUT2D eigenvalue weighted by Crippen LogP contribution is -2.37. The number of amides is 1. The average molecular weight is 300 g/mol. The van der Waals surface area contributed by atoms with Gasteiger partial charge in [-0.2, -0.15) is 0 Å². The Labute approximate surface area is 129 Å². The molecule has 0 aromatic carbocycles. The third-order valence-corrected chi connectivity index (χ3v) is 4.00. The highest BCUT2D eigenvalue weighted by molar-refractivity contribution is 5.79. The van der Waals surface area contributed by atoms with E-state index >= 15 is 0 Å². The van der Waals surface area contributed by atoms with Crippen LogP contribution in [0.3, 0.4) is 0 Å². The number of H-pyrrole nitrogens is 1. The molecule has 2 N–H and O–H groups in total. The van der Waals surface area contributed by atoms with E-state index in [0.29, 0.717) is 19.0 Å². The highest BCUT2D eigenvalue weighted by atomic mass is 16.5. The number of imidazole rings is 1. The third-order valence-electron chi connectivity index (χ3n) is 4.00. The summed E-state index contributed by atoms with van der Waals surface area (Å²) >= 11 is 0. The predicted molar refractivity (Wildman–Crippen MR) is 80.8 cm³/mol. The van der Waals surface area contributed by atoms with Gasteiger partial charge in [0.15, 0.2) is 0 Å². The van der Waals surface area contributed by atoms with Gasteiger partial charge in [-0.15, -0.1) is 0 Å². The van der Waals surface area contributed by atoms with Gasteiger partial charge in [-0.3, -0.25) is 9.78 Å². The van der Waals surface area contributed by atoms with Gasteiger partial charge in [-0.1, -0.05) is 6.07 Å². The Morgan fingerprint density at radius 2 is 2.36 bits per heavy atom. The van der Waals surface area contributed by atoms with E-state index in [-0.39, 0.29) is 17.9 Å². The Bertz CT molecular complexity index is 627. The molecule has 1 fully saturated rings. The molecule has 0 radical (unpaired) electrons. The van der Waals surface area contributed by atoms with Gasteiger partial charge in [0.2, 0.25) is 5.91 Å².